The number of hydrogen-bond donors (Lipinski definition) is 1. The Hall–Kier alpha value is -0.0800. The summed E-state index contributed by atoms with van der Waals surface area (Å²) in [5, 5.41) is 0. The zero-order valence-corrected chi connectivity index (χ0v) is 11.8. The molecule has 2 heteroatoms. The third kappa shape index (κ3) is 3.96. The van der Waals surface area contributed by atoms with E-state index in [1.165, 1.54) is 64.5 Å². The van der Waals surface area contributed by atoms with Crippen LogP contribution in [0.5, 0.6) is 0 Å². The molecule has 0 aromatic carbocycles. The van der Waals surface area contributed by atoms with Crippen LogP contribution in [0.3, 0.4) is 0 Å². The lowest BCUT2D eigenvalue weighted by Crippen LogP contribution is -2.51. The molecule has 0 aromatic heterocycles. The van der Waals surface area contributed by atoms with Crippen molar-refractivity contribution in [3.8, 4) is 0 Å². The normalized spacial score (nSPS) is 29.8. The summed E-state index contributed by atoms with van der Waals surface area (Å²) in [6, 6.07) is 0. The molecular formula is C15H30N2. The minimum atomic E-state index is 0.132. The molecule has 2 aliphatic rings. The minimum absolute atomic E-state index is 0.132. The van der Waals surface area contributed by atoms with Crippen molar-refractivity contribution < 1.29 is 0 Å². The lowest BCUT2D eigenvalue weighted by Gasteiger charge is -2.38. The largest absolute Gasteiger partial charge is 0.324 e. The molecule has 0 spiro atoms. The number of nitrogens with two attached hydrogens (primary N) is 1. The predicted octanol–water partition coefficient (Wildman–Crippen LogP) is 3.16. The van der Waals surface area contributed by atoms with E-state index in [1.54, 1.807) is 0 Å². The molecule has 1 saturated heterocycles. The van der Waals surface area contributed by atoms with Crippen LogP contribution in [-0.4, -0.2) is 30.1 Å². The fourth-order valence-corrected chi connectivity index (χ4v) is 3.50. The first-order valence-electron chi connectivity index (χ1n) is 7.51. The summed E-state index contributed by atoms with van der Waals surface area (Å²) < 4.78 is 0. The van der Waals surface area contributed by atoms with Crippen LogP contribution in [0.15, 0.2) is 0 Å². The molecule has 0 unspecified atom stereocenters. The summed E-state index contributed by atoms with van der Waals surface area (Å²) in [5.74, 6) is 0. The summed E-state index contributed by atoms with van der Waals surface area (Å²) >= 11 is 0. The molecule has 100 valence electrons. The molecule has 1 aliphatic carbocycles. The van der Waals surface area contributed by atoms with Crippen LogP contribution in [0.1, 0.15) is 65.2 Å². The smallest absolute Gasteiger partial charge is 0.0283 e. The Bertz CT molecular complexity index is 241. The van der Waals surface area contributed by atoms with Gasteiger partial charge in [0.25, 0.3) is 0 Å². The second-order valence-electron chi connectivity index (χ2n) is 7.22. The van der Waals surface area contributed by atoms with Gasteiger partial charge in [-0.1, -0.05) is 33.1 Å². The van der Waals surface area contributed by atoms with Gasteiger partial charge in [0.05, 0.1) is 0 Å². The summed E-state index contributed by atoms with van der Waals surface area (Å²) in [6.07, 6.45) is 10.6. The van der Waals surface area contributed by atoms with Crippen molar-refractivity contribution in [3.05, 3.63) is 0 Å². The molecule has 0 bridgehead atoms. The molecule has 1 heterocycles. The van der Waals surface area contributed by atoms with Gasteiger partial charge in [-0.2, -0.15) is 0 Å². The van der Waals surface area contributed by atoms with Gasteiger partial charge in [0.15, 0.2) is 0 Å². The van der Waals surface area contributed by atoms with E-state index in [4.69, 9.17) is 5.73 Å². The fraction of sp³-hybridized carbons (Fsp3) is 1.00. The molecule has 2 rings (SSSR count). The maximum absolute atomic E-state index is 6.57. The lowest BCUT2D eigenvalue weighted by molar-refractivity contribution is 0.172. The molecule has 0 radical (unpaired) electrons. The van der Waals surface area contributed by atoms with Gasteiger partial charge < -0.3 is 10.6 Å². The molecule has 2 fully saturated rings. The zero-order chi connectivity index (χ0) is 12.4. The van der Waals surface area contributed by atoms with Crippen molar-refractivity contribution in [2.75, 3.05) is 19.6 Å². The Morgan fingerprint density at radius 2 is 1.59 bits per heavy atom. The van der Waals surface area contributed by atoms with E-state index in [0.29, 0.717) is 5.41 Å². The van der Waals surface area contributed by atoms with Crippen LogP contribution in [0.25, 0.3) is 0 Å². The van der Waals surface area contributed by atoms with E-state index >= 15 is 0 Å². The highest BCUT2D eigenvalue weighted by atomic mass is 15.1. The molecule has 0 amide bonds. The third-order valence-electron chi connectivity index (χ3n) is 4.82. The Morgan fingerprint density at radius 3 is 2.29 bits per heavy atom. The van der Waals surface area contributed by atoms with Gasteiger partial charge in [0, 0.05) is 12.1 Å². The number of rotatable bonds is 2. The van der Waals surface area contributed by atoms with Crippen molar-refractivity contribution in [1.29, 1.82) is 0 Å². The highest BCUT2D eigenvalue weighted by Crippen LogP contribution is 2.32. The summed E-state index contributed by atoms with van der Waals surface area (Å²) in [6.45, 7) is 8.49. The maximum Gasteiger partial charge on any atom is 0.0283 e. The van der Waals surface area contributed by atoms with Crippen molar-refractivity contribution >= 4 is 0 Å². The van der Waals surface area contributed by atoms with E-state index in [-0.39, 0.29) is 5.54 Å². The Kier molecular flexibility index (Phi) is 4.14. The van der Waals surface area contributed by atoms with Gasteiger partial charge in [0.2, 0.25) is 0 Å². The van der Waals surface area contributed by atoms with Gasteiger partial charge in [-0.25, -0.2) is 0 Å². The minimum Gasteiger partial charge on any atom is -0.324 e. The van der Waals surface area contributed by atoms with Crippen LogP contribution in [0, 0.1) is 5.41 Å². The second-order valence-corrected chi connectivity index (χ2v) is 7.22. The van der Waals surface area contributed by atoms with Crippen LogP contribution in [0.2, 0.25) is 0 Å². The van der Waals surface area contributed by atoms with Gasteiger partial charge >= 0.3 is 0 Å². The second kappa shape index (κ2) is 5.27. The van der Waals surface area contributed by atoms with Crippen LogP contribution < -0.4 is 5.73 Å². The summed E-state index contributed by atoms with van der Waals surface area (Å²) in [7, 11) is 0. The highest BCUT2D eigenvalue weighted by molar-refractivity contribution is 4.91. The average Bonchev–Trinajstić information content (AvgIpc) is 2.41. The summed E-state index contributed by atoms with van der Waals surface area (Å²) in [5.41, 5.74) is 7.24. The van der Waals surface area contributed by atoms with Gasteiger partial charge in [-0.05, 0) is 50.6 Å². The number of nitrogens with zero attached hydrogens (tertiary/aromatic N) is 1. The van der Waals surface area contributed by atoms with Gasteiger partial charge in [-0.3, -0.25) is 0 Å². The topological polar surface area (TPSA) is 29.3 Å². The molecule has 1 aliphatic heterocycles. The first kappa shape index (κ1) is 13.4. The maximum atomic E-state index is 6.57. The quantitative estimate of drug-likeness (QED) is 0.800. The van der Waals surface area contributed by atoms with Gasteiger partial charge in [0.1, 0.15) is 0 Å². The van der Waals surface area contributed by atoms with E-state index in [2.05, 4.69) is 18.7 Å². The van der Waals surface area contributed by atoms with Crippen LogP contribution in [-0.2, 0) is 0 Å². The summed E-state index contributed by atoms with van der Waals surface area (Å²) in [4.78, 5) is 2.64. The molecule has 0 aromatic rings. The Morgan fingerprint density at radius 1 is 0.882 bits per heavy atom. The van der Waals surface area contributed by atoms with Crippen LogP contribution in [0.4, 0.5) is 0 Å². The van der Waals surface area contributed by atoms with Gasteiger partial charge in [-0.15, -0.1) is 0 Å². The molecule has 17 heavy (non-hydrogen) atoms. The van der Waals surface area contributed by atoms with Crippen molar-refractivity contribution in [2.24, 2.45) is 11.1 Å². The standard InChI is InChI=1S/C15H30N2/c1-14(2)7-6-11-17(12-10-14)13-15(16)8-4-3-5-9-15/h3-13,16H2,1-2H3. The van der Waals surface area contributed by atoms with E-state index < -0.39 is 0 Å². The molecule has 2 N–H and O–H groups in total. The molecule has 1 saturated carbocycles. The fourth-order valence-electron chi connectivity index (χ4n) is 3.50. The Balaban J connectivity index is 1.86. The van der Waals surface area contributed by atoms with Crippen molar-refractivity contribution in [2.45, 2.75) is 70.8 Å². The molecule has 0 atom stereocenters. The third-order valence-corrected chi connectivity index (χ3v) is 4.82. The van der Waals surface area contributed by atoms with E-state index in [9.17, 15) is 0 Å². The van der Waals surface area contributed by atoms with Crippen molar-refractivity contribution in [3.63, 3.8) is 0 Å². The molecule has 2 nitrogen and oxygen atoms in total. The monoisotopic (exact) mass is 238 g/mol. The van der Waals surface area contributed by atoms with Crippen LogP contribution >= 0.6 is 0 Å². The Labute approximate surface area is 107 Å². The highest BCUT2D eigenvalue weighted by Gasteiger charge is 2.31. The predicted molar refractivity (Wildman–Crippen MR) is 74.1 cm³/mol. The number of hydrogen-bond acceptors (Lipinski definition) is 2. The van der Waals surface area contributed by atoms with E-state index in [1.807, 2.05) is 0 Å². The average molecular weight is 238 g/mol. The zero-order valence-electron chi connectivity index (χ0n) is 11.8. The lowest BCUT2D eigenvalue weighted by atomic mass is 9.82. The molecular weight excluding hydrogens is 208 g/mol. The first-order chi connectivity index (χ1) is 7.99. The first-order valence-corrected chi connectivity index (χ1v) is 7.51. The number of likely N-dealkylation sites (tertiary alicyclic amines) is 1. The van der Waals surface area contributed by atoms with E-state index in [0.717, 1.165) is 6.54 Å². The SMILES string of the molecule is CC1(C)CCCN(CC2(N)CCCCC2)CC1. The van der Waals surface area contributed by atoms with Crippen molar-refractivity contribution in [1.82, 2.24) is 4.90 Å².